The van der Waals surface area contributed by atoms with Crippen molar-refractivity contribution in [2.45, 2.75) is 6.54 Å². The van der Waals surface area contributed by atoms with Gasteiger partial charge in [0, 0.05) is 29.9 Å². The third kappa shape index (κ3) is 3.48. The zero-order chi connectivity index (χ0) is 15.2. The number of nitrogens with zero attached hydrogens (tertiary/aromatic N) is 2. The highest BCUT2D eigenvalue weighted by atomic mass is 16.6. The van der Waals surface area contributed by atoms with Gasteiger partial charge in [0.25, 0.3) is 5.69 Å². The van der Waals surface area contributed by atoms with Gasteiger partial charge in [-0.15, -0.1) is 0 Å². The minimum absolute atomic E-state index is 0.0124. The van der Waals surface area contributed by atoms with Crippen molar-refractivity contribution in [1.29, 1.82) is 5.26 Å². The van der Waals surface area contributed by atoms with Crippen LogP contribution in [0.3, 0.4) is 0 Å². The molecule has 0 unspecified atom stereocenters. The van der Waals surface area contributed by atoms with E-state index in [1.165, 1.54) is 19.2 Å². The molecule has 0 amide bonds. The van der Waals surface area contributed by atoms with Crippen LogP contribution < -0.4 is 10.1 Å². The molecule has 0 saturated heterocycles. The number of rotatable bonds is 5. The number of nitro benzene ring substituents is 1. The highest BCUT2D eigenvalue weighted by Crippen LogP contribution is 2.25. The van der Waals surface area contributed by atoms with E-state index in [2.05, 4.69) is 11.4 Å². The van der Waals surface area contributed by atoms with Gasteiger partial charge in [-0.3, -0.25) is 10.1 Å². The van der Waals surface area contributed by atoms with Gasteiger partial charge in [-0.05, 0) is 24.3 Å². The molecule has 0 atom stereocenters. The molecule has 0 fully saturated rings. The summed E-state index contributed by atoms with van der Waals surface area (Å²) in [6.45, 7) is 0.361. The van der Waals surface area contributed by atoms with E-state index < -0.39 is 4.92 Å². The number of hydrogen-bond acceptors (Lipinski definition) is 5. The lowest BCUT2D eigenvalue weighted by atomic mass is 10.1. The lowest BCUT2D eigenvalue weighted by molar-refractivity contribution is -0.384. The summed E-state index contributed by atoms with van der Waals surface area (Å²) in [5.74, 6) is 0.574. The highest BCUT2D eigenvalue weighted by Gasteiger charge is 2.11. The maximum Gasteiger partial charge on any atom is 0.270 e. The fraction of sp³-hybridized carbons (Fsp3) is 0.133. The molecule has 0 aliphatic rings. The van der Waals surface area contributed by atoms with E-state index in [-0.39, 0.29) is 5.69 Å². The predicted octanol–water partition coefficient (Wildman–Crippen LogP) is 3.09. The van der Waals surface area contributed by atoms with E-state index in [0.29, 0.717) is 23.4 Å². The summed E-state index contributed by atoms with van der Waals surface area (Å²) >= 11 is 0. The number of nitro groups is 1. The first-order valence-electron chi connectivity index (χ1n) is 6.19. The van der Waals surface area contributed by atoms with E-state index >= 15 is 0 Å². The summed E-state index contributed by atoms with van der Waals surface area (Å²) in [7, 11) is 1.51. The fourth-order valence-electron chi connectivity index (χ4n) is 1.91. The number of nitrogens with one attached hydrogen (secondary N) is 1. The maximum atomic E-state index is 10.8. The van der Waals surface area contributed by atoms with Crippen molar-refractivity contribution in [2.24, 2.45) is 0 Å². The Hall–Kier alpha value is -3.07. The van der Waals surface area contributed by atoms with Crippen LogP contribution in [0.15, 0.2) is 42.5 Å². The Balaban J connectivity index is 2.20. The fourth-order valence-corrected chi connectivity index (χ4v) is 1.91. The minimum atomic E-state index is -0.445. The first-order chi connectivity index (χ1) is 10.1. The van der Waals surface area contributed by atoms with Crippen LogP contribution in [0, 0.1) is 21.4 Å². The Morgan fingerprint density at radius 2 is 2.14 bits per heavy atom. The van der Waals surface area contributed by atoms with Crippen LogP contribution >= 0.6 is 0 Å². The Morgan fingerprint density at radius 1 is 1.33 bits per heavy atom. The van der Waals surface area contributed by atoms with Crippen LogP contribution in [0.2, 0.25) is 0 Å². The summed E-state index contributed by atoms with van der Waals surface area (Å²) in [6, 6.07) is 13.5. The van der Waals surface area contributed by atoms with Gasteiger partial charge in [0.15, 0.2) is 0 Å². The number of hydrogen-bond donors (Lipinski definition) is 1. The molecule has 0 radical (unpaired) electrons. The monoisotopic (exact) mass is 283 g/mol. The van der Waals surface area contributed by atoms with Crippen LogP contribution in [0.1, 0.15) is 11.1 Å². The van der Waals surface area contributed by atoms with Gasteiger partial charge in [-0.25, -0.2) is 0 Å². The van der Waals surface area contributed by atoms with Crippen molar-refractivity contribution in [3.05, 3.63) is 63.7 Å². The van der Waals surface area contributed by atoms with Gasteiger partial charge >= 0.3 is 0 Å². The number of non-ortho nitro benzene ring substituents is 1. The Labute approximate surface area is 121 Å². The summed E-state index contributed by atoms with van der Waals surface area (Å²) in [6.07, 6.45) is 0. The molecule has 6 nitrogen and oxygen atoms in total. The zero-order valence-corrected chi connectivity index (χ0v) is 11.4. The molecule has 0 aliphatic carbocycles. The minimum Gasteiger partial charge on any atom is -0.496 e. The molecule has 6 heteroatoms. The van der Waals surface area contributed by atoms with Crippen LogP contribution in [-0.2, 0) is 6.54 Å². The van der Waals surface area contributed by atoms with Crippen LogP contribution in [0.25, 0.3) is 0 Å². The summed E-state index contributed by atoms with van der Waals surface area (Å²) in [4.78, 5) is 10.4. The summed E-state index contributed by atoms with van der Waals surface area (Å²) < 4.78 is 5.20. The van der Waals surface area contributed by atoms with E-state index in [1.54, 1.807) is 24.3 Å². The van der Waals surface area contributed by atoms with E-state index in [4.69, 9.17) is 10.00 Å². The second kappa shape index (κ2) is 6.39. The van der Waals surface area contributed by atoms with Crippen LogP contribution in [0.5, 0.6) is 5.75 Å². The molecule has 2 aromatic rings. The molecule has 2 rings (SSSR count). The smallest absolute Gasteiger partial charge is 0.270 e. The molecular formula is C15H13N3O3. The van der Waals surface area contributed by atoms with Gasteiger partial charge in [-0.1, -0.05) is 6.07 Å². The normalized spacial score (nSPS) is 9.71. The maximum absolute atomic E-state index is 10.8. The van der Waals surface area contributed by atoms with Crippen LogP contribution in [0.4, 0.5) is 11.4 Å². The average Bonchev–Trinajstić information content (AvgIpc) is 2.52. The van der Waals surface area contributed by atoms with Gasteiger partial charge in [0.1, 0.15) is 5.75 Å². The molecular weight excluding hydrogens is 270 g/mol. The number of anilines is 1. The third-order valence-electron chi connectivity index (χ3n) is 2.95. The molecule has 0 bridgehead atoms. The number of methoxy groups -OCH3 is 1. The van der Waals surface area contributed by atoms with E-state index in [1.807, 2.05) is 6.07 Å². The molecule has 0 saturated carbocycles. The summed E-state index contributed by atoms with van der Waals surface area (Å²) in [5.41, 5.74) is 2.00. The molecule has 1 N–H and O–H groups in total. The van der Waals surface area contributed by atoms with E-state index in [0.717, 1.165) is 5.69 Å². The Bertz CT molecular complexity index is 708. The predicted molar refractivity (Wildman–Crippen MR) is 78.1 cm³/mol. The highest BCUT2D eigenvalue weighted by molar-refractivity contribution is 5.51. The van der Waals surface area contributed by atoms with Crippen LogP contribution in [-0.4, -0.2) is 12.0 Å². The van der Waals surface area contributed by atoms with E-state index in [9.17, 15) is 10.1 Å². The van der Waals surface area contributed by atoms with Crippen molar-refractivity contribution >= 4 is 11.4 Å². The quantitative estimate of drug-likeness (QED) is 0.673. The second-order valence-corrected chi connectivity index (χ2v) is 4.30. The van der Waals surface area contributed by atoms with Crippen molar-refractivity contribution in [3.8, 4) is 11.8 Å². The standard InChI is InChI=1S/C15H13N3O3/c1-21-15-6-5-14(18(19)20)8-12(15)10-17-13-4-2-3-11(7-13)9-16/h2-8,17H,10H2,1H3. The van der Waals surface area contributed by atoms with Gasteiger partial charge in [0.05, 0.1) is 23.7 Å². The first kappa shape index (κ1) is 14.3. The molecule has 2 aromatic carbocycles. The number of benzene rings is 2. The lowest BCUT2D eigenvalue weighted by Crippen LogP contribution is -2.03. The Kier molecular flexibility index (Phi) is 4.36. The van der Waals surface area contributed by atoms with Crippen molar-refractivity contribution < 1.29 is 9.66 Å². The second-order valence-electron chi connectivity index (χ2n) is 4.30. The average molecular weight is 283 g/mol. The van der Waals surface area contributed by atoms with Gasteiger partial charge < -0.3 is 10.1 Å². The molecule has 0 spiro atoms. The summed E-state index contributed by atoms with van der Waals surface area (Å²) in [5, 5.41) is 22.8. The lowest BCUT2D eigenvalue weighted by Gasteiger charge is -2.10. The number of nitriles is 1. The molecule has 0 aliphatic heterocycles. The molecule has 21 heavy (non-hydrogen) atoms. The largest absolute Gasteiger partial charge is 0.496 e. The van der Waals surface area contributed by atoms with Gasteiger partial charge in [-0.2, -0.15) is 5.26 Å². The van der Waals surface area contributed by atoms with Crippen molar-refractivity contribution in [2.75, 3.05) is 12.4 Å². The van der Waals surface area contributed by atoms with Crippen molar-refractivity contribution in [1.82, 2.24) is 0 Å². The number of ether oxygens (including phenoxy) is 1. The van der Waals surface area contributed by atoms with Crippen molar-refractivity contribution in [3.63, 3.8) is 0 Å². The third-order valence-corrected chi connectivity index (χ3v) is 2.95. The van der Waals surface area contributed by atoms with Gasteiger partial charge in [0.2, 0.25) is 0 Å². The topological polar surface area (TPSA) is 88.2 Å². The molecule has 106 valence electrons. The zero-order valence-electron chi connectivity index (χ0n) is 11.4. The molecule has 0 heterocycles. The molecule has 0 aromatic heterocycles. The first-order valence-corrected chi connectivity index (χ1v) is 6.19. The SMILES string of the molecule is COc1ccc([N+](=O)[O-])cc1CNc1cccc(C#N)c1. The Morgan fingerprint density at radius 3 is 2.81 bits per heavy atom.